The predicted molar refractivity (Wildman–Crippen MR) is 238 cm³/mol. The van der Waals surface area contributed by atoms with Gasteiger partial charge in [0.2, 0.25) is 0 Å². The monoisotopic (exact) mass is 793 g/mol. The molecule has 0 aliphatic rings. The van der Waals surface area contributed by atoms with Crippen LogP contribution in [0.25, 0.3) is 0 Å². The van der Waals surface area contributed by atoms with Crippen LogP contribution in [-0.2, 0) is 28.6 Å². The molecule has 56 heavy (non-hydrogen) atoms. The van der Waals surface area contributed by atoms with Crippen LogP contribution >= 0.6 is 0 Å². The van der Waals surface area contributed by atoms with Gasteiger partial charge in [0.25, 0.3) is 0 Å². The van der Waals surface area contributed by atoms with Gasteiger partial charge in [-0.1, -0.05) is 228 Å². The molecule has 0 aromatic rings. The first-order valence-electron chi connectivity index (χ1n) is 24.7. The summed E-state index contributed by atoms with van der Waals surface area (Å²) in [6.45, 7) is 13.7. The number of rotatable bonds is 43. The molecule has 0 aromatic carbocycles. The summed E-state index contributed by atoms with van der Waals surface area (Å²) in [5.74, 6) is 1.65. The van der Waals surface area contributed by atoms with Gasteiger partial charge in [-0.15, -0.1) is 0 Å². The zero-order valence-electron chi connectivity index (χ0n) is 38.4. The zero-order valence-corrected chi connectivity index (χ0v) is 38.4. The molecule has 0 heterocycles. The van der Waals surface area contributed by atoms with Crippen molar-refractivity contribution >= 4 is 17.9 Å². The first-order valence-corrected chi connectivity index (χ1v) is 24.7. The molecule has 6 nitrogen and oxygen atoms in total. The molecule has 0 amide bonds. The van der Waals surface area contributed by atoms with Crippen LogP contribution < -0.4 is 0 Å². The third-order valence-electron chi connectivity index (χ3n) is 11.9. The van der Waals surface area contributed by atoms with Crippen molar-refractivity contribution in [1.29, 1.82) is 0 Å². The van der Waals surface area contributed by atoms with Crippen LogP contribution in [0.2, 0.25) is 0 Å². The molecule has 0 saturated carbocycles. The van der Waals surface area contributed by atoms with Crippen molar-refractivity contribution in [1.82, 2.24) is 0 Å². The molecule has 6 heteroatoms. The molecule has 0 aliphatic heterocycles. The summed E-state index contributed by atoms with van der Waals surface area (Å²) >= 11 is 0. The molecule has 0 N–H and O–H groups in total. The first-order chi connectivity index (χ1) is 27.2. The number of carbonyl (C=O) groups is 3. The Hall–Kier alpha value is -1.59. The average Bonchev–Trinajstić information content (AvgIpc) is 3.18. The van der Waals surface area contributed by atoms with Crippen LogP contribution in [0.5, 0.6) is 0 Å². The maximum absolute atomic E-state index is 12.8. The lowest BCUT2D eigenvalue weighted by atomic mass is 9.99. The Morgan fingerprint density at radius 1 is 0.357 bits per heavy atom. The lowest BCUT2D eigenvalue weighted by Gasteiger charge is -2.18. The number of ether oxygens (including phenoxy) is 3. The molecule has 0 rings (SSSR count). The van der Waals surface area contributed by atoms with Gasteiger partial charge < -0.3 is 14.2 Å². The minimum Gasteiger partial charge on any atom is -0.462 e. The standard InChI is InChI=1S/C50H96O6/c1-7-45(5)37-31-25-19-15-12-13-16-20-27-33-39-48(51)54-42-47(43-55-49(52)40-34-28-23-22-26-32-38-46(6)8-2)56-50(53)41-35-29-21-17-11-9-10-14-18-24-30-36-44(3)4/h44-47H,7-43H2,1-6H3/t45?,46?,47-/m1/s1. The van der Waals surface area contributed by atoms with Gasteiger partial charge >= 0.3 is 17.9 Å². The van der Waals surface area contributed by atoms with Gasteiger partial charge in [-0.25, -0.2) is 0 Å². The summed E-state index contributed by atoms with van der Waals surface area (Å²) in [7, 11) is 0. The van der Waals surface area contributed by atoms with E-state index < -0.39 is 6.10 Å². The Bertz CT molecular complexity index is 872. The molecule has 0 saturated heterocycles. The van der Waals surface area contributed by atoms with Crippen molar-refractivity contribution in [2.45, 2.75) is 272 Å². The van der Waals surface area contributed by atoms with E-state index in [0.29, 0.717) is 19.3 Å². The van der Waals surface area contributed by atoms with Crippen LogP contribution in [0.4, 0.5) is 0 Å². The van der Waals surface area contributed by atoms with Gasteiger partial charge in [0.05, 0.1) is 0 Å². The Morgan fingerprint density at radius 2 is 0.625 bits per heavy atom. The largest absolute Gasteiger partial charge is 0.462 e. The van der Waals surface area contributed by atoms with Gasteiger partial charge in [0.1, 0.15) is 13.2 Å². The molecule has 0 fully saturated rings. The number of esters is 3. The van der Waals surface area contributed by atoms with E-state index in [0.717, 1.165) is 75.5 Å². The highest BCUT2D eigenvalue weighted by Crippen LogP contribution is 2.18. The van der Waals surface area contributed by atoms with E-state index in [1.165, 1.54) is 148 Å². The second kappa shape index (κ2) is 41.6. The van der Waals surface area contributed by atoms with E-state index in [4.69, 9.17) is 14.2 Å². The minimum absolute atomic E-state index is 0.0659. The van der Waals surface area contributed by atoms with E-state index in [1.807, 2.05) is 0 Å². The normalized spacial score (nSPS) is 13.1. The Morgan fingerprint density at radius 3 is 0.929 bits per heavy atom. The smallest absolute Gasteiger partial charge is 0.306 e. The molecular formula is C50H96O6. The van der Waals surface area contributed by atoms with E-state index in [-0.39, 0.29) is 31.1 Å². The molecule has 2 unspecified atom stereocenters. The van der Waals surface area contributed by atoms with Crippen LogP contribution in [-0.4, -0.2) is 37.2 Å². The van der Waals surface area contributed by atoms with E-state index >= 15 is 0 Å². The Kier molecular flexibility index (Phi) is 40.4. The number of unbranched alkanes of at least 4 members (excludes halogenated alkanes) is 24. The van der Waals surface area contributed by atoms with Gasteiger partial charge in [0, 0.05) is 19.3 Å². The SMILES string of the molecule is CCC(C)CCCCCCCCCCCCC(=O)OC[C@H](COC(=O)CCCCCCCCC(C)CC)OC(=O)CCCCCCCCCCCCCC(C)C. The molecule has 0 bridgehead atoms. The summed E-state index contributed by atoms with van der Waals surface area (Å²) in [4.78, 5) is 37.8. The Balaban J connectivity index is 4.34. The lowest BCUT2D eigenvalue weighted by molar-refractivity contribution is -0.167. The van der Waals surface area contributed by atoms with Crippen molar-refractivity contribution in [2.24, 2.45) is 17.8 Å². The second-order valence-electron chi connectivity index (χ2n) is 18.1. The highest BCUT2D eigenvalue weighted by atomic mass is 16.6. The molecule has 0 aromatic heterocycles. The van der Waals surface area contributed by atoms with Crippen LogP contribution in [0.1, 0.15) is 266 Å². The molecule has 0 spiro atoms. The maximum Gasteiger partial charge on any atom is 0.306 e. The van der Waals surface area contributed by atoms with Crippen LogP contribution in [0.15, 0.2) is 0 Å². The topological polar surface area (TPSA) is 78.9 Å². The van der Waals surface area contributed by atoms with E-state index in [2.05, 4.69) is 41.5 Å². The fourth-order valence-corrected chi connectivity index (χ4v) is 7.34. The third kappa shape index (κ3) is 40.6. The van der Waals surface area contributed by atoms with Gasteiger partial charge in [-0.3, -0.25) is 14.4 Å². The summed E-state index contributed by atoms with van der Waals surface area (Å²) in [5.41, 5.74) is 0. The van der Waals surface area contributed by atoms with Gasteiger partial charge in [0.15, 0.2) is 6.10 Å². The number of hydrogen-bond donors (Lipinski definition) is 0. The quantitative estimate of drug-likeness (QED) is 0.0348. The Labute approximate surface area is 348 Å². The fourth-order valence-electron chi connectivity index (χ4n) is 7.34. The highest BCUT2D eigenvalue weighted by Gasteiger charge is 2.19. The maximum atomic E-state index is 12.8. The van der Waals surface area contributed by atoms with Gasteiger partial charge in [-0.2, -0.15) is 0 Å². The lowest BCUT2D eigenvalue weighted by Crippen LogP contribution is -2.30. The molecular weight excluding hydrogens is 697 g/mol. The highest BCUT2D eigenvalue weighted by molar-refractivity contribution is 5.71. The van der Waals surface area contributed by atoms with Crippen LogP contribution in [0, 0.1) is 17.8 Å². The summed E-state index contributed by atoms with van der Waals surface area (Å²) < 4.78 is 16.8. The third-order valence-corrected chi connectivity index (χ3v) is 11.9. The van der Waals surface area contributed by atoms with Crippen molar-refractivity contribution < 1.29 is 28.6 Å². The van der Waals surface area contributed by atoms with Crippen molar-refractivity contribution in [3.8, 4) is 0 Å². The van der Waals surface area contributed by atoms with Crippen LogP contribution in [0.3, 0.4) is 0 Å². The molecule has 0 radical (unpaired) electrons. The van der Waals surface area contributed by atoms with Crippen molar-refractivity contribution in [3.63, 3.8) is 0 Å². The summed E-state index contributed by atoms with van der Waals surface area (Å²) in [6.07, 6.45) is 39.4. The average molecular weight is 793 g/mol. The summed E-state index contributed by atoms with van der Waals surface area (Å²) in [6, 6.07) is 0. The molecule has 3 atom stereocenters. The minimum atomic E-state index is -0.763. The van der Waals surface area contributed by atoms with E-state index in [9.17, 15) is 14.4 Å². The summed E-state index contributed by atoms with van der Waals surface area (Å²) in [5, 5.41) is 0. The zero-order chi connectivity index (χ0) is 41.3. The number of hydrogen-bond acceptors (Lipinski definition) is 6. The predicted octanol–water partition coefficient (Wildman–Crippen LogP) is 15.6. The molecule has 0 aliphatic carbocycles. The van der Waals surface area contributed by atoms with E-state index in [1.54, 1.807) is 0 Å². The van der Waals surface area contributed by atoms with Crippen molar-refractivity contribution in [2.75, 3.05) is 13.2 Å². The van der Waals surface area contributed by atoms with Crippen molar-refractivity contribution in [3.05, 3.63) is 0 Å². The first kappa shape index (κ1) is 54.4. The molecule has 332 valence electrons. The second-order valence-corrected chi connectivity index (χ2v) is 18.1. The fraction of sp³-hybridized carbons (Fsp3) is 0.940. The number of carbonyl (C=O) groups excluding carboxylic acids is 3. The van der Waals surface area contributed by atoms with Gasteiger partial charge in [-0.05, 0) is 37.0 Å².